The minimum absolute atomic E-state index is 0.0563. The van der Waals surface area contributed by atoms with Crippen LogP contribution in [0.5, 0.6) is 5.75 Å². The standard InChI is InChI=1S/C32H43N3O7/c1-33-11-9-24(19-30(33)36)28-10-12-34(32(38)39)21-29(28)31(37)35(25-5-6-25)20-23-16-22(4-3-13-40-2)17-27(18-23)42-15-14-41-26-7-8-26/h9,11,16-19,25-26,28-29H,3-8,10,12-15,20-21H2,1-2H3,(H,38,39). The Hall–Kier alpha value is -3.37. The highest BCUT2D eigenvalue weighted by atomic mass is 16.5. The number of hydrogen-bond acceptors (Lipinski definition) is 6. The molecule has 228 valence electrons. The Morgan fingerprint density at radius 1 is 1.02 bits per heavy atom. The summed E-state index contributed by atoms with van der Waals surface area (Å²) >= 11 is 0. The number of benzene rings is 1. The smallest absolute Gasteiger partial charge is 0.407 e. The fraction of sp³-hybridized carbons (Fsp3) is 0.594. The monoisotopic (exact) mass is 581 g/mol. The van der Waals surface area contributed by atoms with Crippen LogP contribution in [0.1, 0.15) is 61.1 Å². The maximum absolute atomic E-state index is 14.3. The van der Waals surface area contributed by atoms with Gasteiger partial charge in [-0.2, -0.15) is 0 Å². The van der Waals surface area contributed by atoms with Crippen molar-refractivity contribution in [2.24, 2.45) is 13.0 Å². The number of hydrogen-bond donors (Lipinski definition) is 1. The van der Waals surface area contributed by atoms with E-state index in [1.165, 1.54) is 9.47 Å². The van der Waals surface area contributed by atoms with Gasteiger partial charge >= 0.3 is 6.09 Å². The number of aryl methyl sites for hydroxylation is 2. The number of nitrogens with zero attached hydrogens (tertiary/aromatic N) is 3. The fourth-order valence-corrected chi connectivity index (χ4v) is 5.83. The molecule has 10 heteroatoms. The average molecular weight is 582 g/mol. The summed E-state index contributed by atoms with van der Waals surface area (Å²) in [6.07, 6.45) is 7.36. The molecular formula is C32H43N3O7. The lowest BCUT2D eigenvalue weighted by Gasteiger charge is -2.39. The number of methoxy groups -OCH3 is 1. The largest absolute Gasteiger partial charge is 0.491 e. The van der Waals surface area contributed by atoms with Crippen molar-refractivity contribution in [1.82, 2.24) is 14.4 Å². The van der Waals surface area contributed by atoms with Crippen LogP contribution in [0.15, 0.2) is 41.3 Å². The number of aromatic nitrogens is 1. The van der Waals surface area contributed by atoms with Crippen LogP contribution < -0.4 is 10.3 Å². The molecule has 0 bridgehead atoms. The van der Waals surface area contributed by atoms with Gasteiger partial charge < -0.3 is 33.7 Å². The molecule has 10 nitrogen and oxygen atoms in total. The Labute approximate surface area is 247 Å². The SMILES string of the molecule is COCCCc1cc(CN(C(=O)C2CN(C(=O)O)CCC2c2ccn(C)c(=O)c2)C2CC2)cc(OCCOC2CC2)c1. The molecule has 2 saturated carbocycles. The summed E-state index contributed by atoms with van der Waals surface area (Å²) in [6, 6.07) is 9.78. The van der Waals surface area contributed by atoms with E-state index in [-0.39, 0.29) is 30.0 Å². The summed E-state index contributed by atoms with van der Waals surface area (Å²) in [7, 11) is 3.39. The zero-order valence-electron chi connectivity index (χ0n) is 24.7. The highest BCUT2D eigenvalue weighted by molar-refractivity contribution is 5.82. The Kier molecular flexibility index (Phi) is 9.84. The molecule has 0 spiro atoms. The first-order valence-electron chi connectivity index (χ1n) is 15.1. The minimum Gasteiger partial charge on any atom is -0.491 e. The van der Waals surface area contributed by atoms with Crippen LogP contribution in [-0.2, 0) is 34.3 Å². The summed E-state index contributed by atoms with van der Waals surface area (Å²) < 4.78 is 18.6. The molecule has 2 atom stereocenters. The zero-order chi connectivity index (χ0) is 29.6. The van der Waals surface area contributed by atoms with Crippen molar-refractivity contribution in [3.8, 4) is 5.75 Å². The normalized spacial score (nSPS) is 20.4. The molecule has 1 aliphatic heterocycles. The lowest BCUT2D eigenvalue weighted by molar-refractivity contribution is -0.139. The molecule has 42 heavy (non-hydrogen) atoms. The predicted octanol–water partition coefficient (Wildman–Crippen LogP) is 3.80. The first-order chi connectivity index (χ1) is 20.3. The van der Waals surface area contributed by atoms with E-state index in [0.717, 1.165) is 61.0 Å². The number of carboxylic acid groups (broad SMARTS) is 1. The van der Waals surface area contributed by atoms with E-state index < -0.39 is 12.0 Å². The Balaban J connectivity index is 1.37. The lowest BCUT2D eigenvalue weighted by Crippen LogP contribution is -2.50. The van der Waals surface area contributed by atoms with Crippen molar-refractivity contribution in [3.63, 3.8) is 0 Å². The van der Waals surface area contributed by atoms with E-state index in [4.69, 9.17) is 14.2 Å². The summed E-state index contributed by atoms with van der Waals surface area (Å²) in [5.41, 5.74) is 2.76. The van der Waals surface area contributed by atoms with Crippen LogP contribution in [0.25, 0.3) is 0 Å². The van der Waals surface area contributed by atoms with Crippen LogP contribution >= 0.6 is 0 Å². The predicted molar refractivity (Wildman–Crippen MR) is 157 cm³/mol. The molecule has 0 radical (unpaired) electrons. The first-order valence-corrected chi connectivity index (χ1v) is 15.1. The third-order valence-electron chi connectivity index (χ3n) is 8.45. The summed E-state index contributed by atoms with van der Waals surface area (Å²) in [5, 5.41) is 9.76. The van der Waals surface area contributed by atoms with E-state index in [0.29, 0.717) is 45.4 Å². The minimum atomic E-state index is -1.02. The number of ether oxygens (including phenoxy) is 3. The highest BCUT2D eigenvalue weighted by Gasteiger charge is 2.42. The summed E-state index contributed by atoms with van der Waals surface area (Å²) in [6.45, 7) is 2.54. The maximum atomic E-state index is 14.3. The van der Waals surface area contributed by atoms with Gasteiger partial charge in [0.05, 0.1) is 18.6 Å². The number of piperidine rings is 1. The van der Waals surface area contributed by atoms with Gasteiger partial charge in [0.25, 0.3) is 5.56 Å². The van der Waals surface area contributed by atoms with Crippen LogP contribution in [-0.4, -0.2) is 83.6 Å². The van der Waals surface area contributed by atoms with Crippen LogP contribution in [0, 0.1) is 5.92 Å². The fourth-order valence-electron chi connectivity index (χ4n) is 5.83. The molecule has 2 amide bonds. The number of rotatable bonds is 14. The van der Waals surface area contributed by atoms with Gasteiger partial charge in [-0.3, -0.25) is 9.59 Å². The lowest BCUT2D eigenvalue weighted by atomic mass is 9.79. The van der Waals surface area contributed by atoms with Crippen molar-refractivity contribution >= 4 is 12.0 Å². The molecule has 2 heterocycles. The second-order valence-electron chi connectivity index (χ2n) is 11.8. The first kappa shape index (κ1) is 30.1. The molecule has 2 unspecified atom stereocenters. The maximum Gasteiger partial charge on any atom is 0.407 e. The zero-order valence-corrected chi connectivity index (χ0v) is 24.7. The number of carbonyl (C=O) groups excluding carboxylic acids is 1. The summed E-state index contributed by atoms with van der Waals surface area (Å²) in [4.78, 5) is 41.9. The molecular weight excluding hydrogens is 538 g/mol. The van der Waals surface area contributed by atoms with Gasteiger partial charge in [-0.15, -0.1) is 0 Å². The van der Waals surface area contributed by atoms with Gasteiger partial charge in [0.15, 0.2) is 0 Å². The third-order valence-corrected chi connectivity index (χ3v) is 8.45. The molecule has 3 aliphatic rings. The Bertz CT molecular complexity index is 1300. The number of likely N-dealkylation sites (tertiary alicyclic amines) is 1. The van der Waals surface area contributed by atoms with E-state index in [9.17, 15) is 19.5 Å². The van der Waals surface area contributed by atoms with Gasteiger partial charge in [0.2, 0.25) is 5.91 Å². The van der Waals surface area contributed by atoms with Crippen molar-refractivity contribution in [2.45, 2.75) is 69.6 Å². The Morgan fingerprint density at radius 3 is 2.50 bits per heavy atom. The van der Waals surface area contributed by atoms with Gasteiger partial charge in [0, 0.05) is 58.7 Å². The second kappa shape index (κ2) is 13.7. The number of amides is 2. The highest BCUT2D eigenvalue weighted by Crippen LogP contribution is 2.38. The van der Waals surface area contributed by atoms with E-state index in [1.54, 1.807) is 26.4 Å². The number of carbonyl (C=O) groups is 2. The second-order valence-corrected chi connectivity index (χ2v) is 11.8. The van der Waals surface area contributed by atoms with E-state index in [2.05, 4.69) is 12.1 Å². The van der Waals surface area contributed by atoms with Gasteiger partial charge in [-0.25, -0.2) is 4.79 Å². The van der Waals surface area contributed by atoms with Crippen molar-refractivity contribution in [2.75, 3.05) is 40.0 Å². The molecule has 2 aliphatic carbocycles. The molecule has 1 saturated heterocycles. The quantitative estimate of drug-likeness (QED) is 0.338. The van der Waals surface area contributed by atoms with Gasteiger partial charge in [-0.05, 0) is 85.8 Å². The van der Waals surface area contributed by atoms with E-state index >= 15 is 0 Å². The van der Waals surface area contributed by atoms with Crippen LogP contribution in [0.2, 0.25) is 0 Å². The van der Waals surface area contributed by atoms with Crippen molar-refractivity contribution < 1.29 is 28.9 Å². The van der Waals surface area contributed by atoms with Gasteiger partial charge in [-0.1, -0.05) is 6.07 Å². The topological polar surface area (TPSA) is 111 Å². The van der Waals surface area contributed by atoms with Crippen molar-refractivity contribution in [1.29, 1.82) is 0 Å². The molecule has 1 N–H and O–H groups in total. The average Bonchev–Trinajstić information content (AvgIpc) is 3.90. The van der Waals surface area contributed by atoms with E-state index in [1.807, 2.05) is 17.0 Å². The Morgan fingerprint density at radius 2 is 1.81 bits per heavy atom. The van der Waals surface area contributed by atoms with Crippen LogP contribution in [0.4, 0.5) is 4.79 Å². The molecule has 1 aromatic heterocycles. The van der Waals surface area contributed by atoms with Crippen LogP contribution in [0.3, 0.4) is 0 Å². The van der Waals surface area contributed by atoms with Crippen molar-refractivity contribution in [3.05, 3.63) is 63.6 Å². The molecule has 1 aromatic carbocycles. The number of pyridine rings is 1. The van der Waals surface area contributed by atoms with Gasteiger partial charge in [0.1, 0.15) is 12.4 Å². The molecule has 5 rings (SSSR count). The third kappa shape index (κ3) is 7.92. The molecule has 3 fully saturated rings. The molecule has 2 aromatic rings. The summed E-state index contributed by atoms with van der Waals surface area (Å²) in [5.74, 6) is -0.0915.